The van der Waals surface area contributed by atoms with Gasteiger partial charge in [-0.15, -0.1) is 0 Å². The van der Waals surface area contributed by atoms with Gasteiger partial charge in [0.1, 0.15) is 11.6 Å². The highest BCUT2D eigenvalue weighted by molar-refractivity contribution is 5.83. The van der Waals surface area contributed by atoms with Crippen molar-refractivity contribution in [2.24, 2.45) is 0 Å². The smallest absolute Gasteiger partial charge is 0.137 e. The number of hydroxylamine groups is 4. The van der Waals surface area contributed by atoms with Gasteiger partial charge >= 0.3 is 0 Å². The Balaban J connectivity index is 2.34. The molecule has 0 spiro atoms. The third-order valence-electron chi connectivity index (χ3n) is 5.41. The number of nitrogens with zero attached hydrogens (tertiary/aromatic N) is 2. The quantitative estimate of drug-likeness (QED) is 0.782. The second-order valence-electron chi connectivity index (χ2n) is 9.23. The zero-order valence-corrected chi connectivity index (χ0v) is 15.2. The molecule has 6 heteroatoms. The fourth-order valence-corrected chi connectivity index (χ4v) is 4.81. The summed E-state index contributed by atoms with van der Waals surface area (Å²) < 4.78 is 0. The number of carbonyl (C=O) groups excluding carboxylic acids is 2. The summed E-state index contributed by atoms with van der Waals surface area (Å²) in [6, 6.07) is 0. The van der Waals surface area contributed by atoms with Crippen LogP contribution in [0.5, 0.6) is 0 Å². The lowest BCUT2D eigenvalue weighted by molar-refractivity contribution is -0.280. The van der Waals surface area contributed by atoms with E-state index in [-0.39, 0.29) is 24.4 Å². The van der Waals surface area contributed by atoms with Crippen LogP contribution in [0.3, 0.4) is 0 Å². The highest BCUT2D eigenvalue weighted by atomic mass is 16.5. The summed E-state index contributed by atoms with van der Waals surface area (Å²) in [5, 5.41) is 22.0. The van der Waals surface area contributed by atoms with E-state index in [1.165, 1.54) is 10.1 Å². The normalized spacial score (nSPS) is 38.8. The van der Waals surface area contributed by atoms with E-state index >= 15 is 0 Å². The van der Waals surface area contributed by atoms with Crippen molar-refractivity contribution in [3.63, 3.8) is 0 Å². The summed E-state index contributed by atoms with van der Waals surface area (Å²) >= 11 is 0. The van der Waals surface area contributed by atoms with Gasteiger partial charge in [0.2, 0.25) is 0 Å². The Hall–Kier alpha value is -0.820. The summed E-state index contributed by atoms with van der Waals surface area (Å²) in [5.74, 6) is 0.250. The van der Waals surface area contributed by atoms with Crippen molar-refractivity contribution in [1.29, 1.82) is 0 Å². The molecule has 2 rings (SSSR count). The van der Waals surface area contributed by atoms with E-state index in [9.17, 15) is 14.8 Å². The van der Waals surface area contributed by atoms with Gasteiger partial charge in [-0.25, -0.2) is 0 Å². The molecule has 2 aliphatic heterocycles. The van der Waals surface area contributed by atoms with E-state index in [0.29, 0.717) is 19.3 Å². The van der Waals surface area contributed by atoms with Gasteiger partial charge in [-0.3, -0.25) is 9.59 Å². The molecule has 0 bridgehead atoms. The highest BCUT2D eigenvalue weighted by Crippen LogP contribution is 2.45. The maximum absolute atomic E-state index is 12.2. The predicted octanol–water partition coefficient (Wildman–Crippen LogP) is 1.81. The van der Waals surface area contributed by atoms with E-state index in [2.05, 4.69) is 0 Å². The molecule has 3 N–H and O–H groups in total. The van der Waals surface area contributed by atoms with Gasteiger partial charge in [-0.2, -0.15) is 5.06 Å². The molecule has 0 aromatic heterocycles. The van der Waals surface area contributed by atoms with Crippen LogP contribution in [0.4, 0.5) is 0 Å². The molecule has 6 nitrogen and oxygen atoms in total. The van der Waals surface area contributed by atoms with Gasteiger partial charge in [-0.05, 0) is 48.0 Å². The molecule has 0 saturated carbocycles. The van der Waals surface area contributed by atoms with Crippen LogP contribution in [0.25, 0.3) is 0 Å². The first-order chi connectivity index (χ1) is 10.2. The second-order valence-corrected chi connectivity index (χ2v) is 9.23. The van der Waals surface area contributed by atoms with E-state index in [1.54, 1.807) is 0 Å². The van der Waals surface area contributed by atoms with Crippen LogP contribution in [-0.2, 0) is 9.59 Å². The van der Waals surface area contributed by atoms with Gasteiger partial charge < -0.3 is 10.4 Å². The van der Waals surface area contributed by atoms with Crippen molar-refractivity contribution in [2.45, 2.75) is 95.8 Å². The van der Waals surface area contributed by atoms with Crippen molar-refractivity contribution in [3.8, 4) is 0 Å². The lowest BCUT2D eigenvalue weighted by atomic mass is 9.69. The molecule has 0 aromatic carbocycles. The Morgan fingerprint density at radius 3 is 1.83 bits per heavy atom. The van der Waals surface area contributed by atoms with Crippen molar-refractivity contribution in [3.05, 3.63) is 0 Å². The number of piperidine rings is 2. The Morgan fingerprint density at radius 2 is 1.30 bits per heavy atom. The van der Waals surface area contributed by atoms with Gasteiger partial charge in [0.05, 0.1) is 16.6 Å². The average Bonchev–Trinajstić information content (AvgIpc) is 2.31. The SMILES string of the molecule is CC1(C)CC(=O)CC(C)(CC2(C)CC(=O)CC(C)(C)N2[OH2+])N1O. The lowest BCUT2D eigenvalue weighted by Gasteiger charge is -2.54. The Kier molecular flexibility index (Phi) is 4.30. The molecule has 2 fully saturated rings. The van der Waals surface area contributed by atoms with Crippen molar-refractivity contribution < 1.29 is 20.0 Å². The van der Waals surface area contributed by atoms with Crippen LogP contribution in [0.15, 0.2) is 0 Å². The zero-order valence-electron chi connectivity index (χ0n) is 15.2. The monoisotopic (exact) mass is 327 g/mol. The molecule has 132 valence electrons. The number of carbonyl (C=O) groups is 2. The largest absolute Gasteiger partial charge is 0.338 e. The van der Waals surface area contributed by atoms with Gasteiger partial charge in [-0.1, -0.05) is 5.06 Å². The standard InChI is InChI=1S/C17H30N2O4/c1-14(2)7-12(20)9-16(5,18(14)22)11-17(6)10-13(21)8-15(3,4)19(17)23/h22-23H,7-11H2,1-6H3/p+1. The van der Waals surface area contributed by atoms with Crippen LogP contribution in [-0.4, -0.2) is 54.3 Å². The Labute approximate surface area is 138 Å². The maximum Gasteiger partial charge on any atom is 0.137 e. The van der Waals surface area contributed by atoms with Crippen LogP contribution in [0.2, 0.25) is 0 Å². The number of Topliss-reactive ketones (excluding diaryl/α,β-unsaturated/α-hetero) is 2. The molecule has 2 heterocycles. The topological polar surface area (TPSA) is 83.8 Å². The van der Waals surface area contributed by atoms with E-state index in [4.69, 9.17) is 5.21 Å². The number of hydrogen-bond acceptors (Lipinski definition) is 5. The third kappa shape index (κ3) is 3.22. The van der Waals surface area contributed by atoms with Crippen LogP contribution in [0, 0.1) is 0 Å². The first-order valence-electron chi connectivity index (χ1n) is 8.26. The van der Waals surface area contributed by atoms with E-state index in [1.807, 2.05) is 41.5 Å². The minimum Gasteiger partial charge on any atom is -0.338 e. The number of ketones is 2. The van der Waals surface area contributed by atoms with Gasteiger partial charge in [0.15, 0.2) is 0 Å². The number of hydrogen-bond donors (Lipinski definition) is 1. The molecular formula is C17H31N2O4+. The fourth-order valence-electron chi connectivity index (χ4n) is 4.81. The molecule has 2 aliphatic rings. The molecule has 2 unspecified atom stereocenters. The molecule has 0 aliphatic carbocycles. The van der Waals surface area contributed by atoms with Gasteiger partial charge in [0, 0.05) is 31.2 Å². The van der Waals surface area contributed by atoms with Crippen molar-refractivity contribution in [2.75, 3.05) is 0 Å². The summed E-state index contributed by atoms with van der Waals surface area (Å²) in [6.07, 6.45) is 1.58. The Bertz CT molecular complexity index is 485. The molecule has 0 radical (unpaired) electrons. The minimum atomic E-state index is -0.777. The summed E-state index contributed by atoms with van der Waals surface area (Å²) in [7, 11) is 0. The molecule has 2 atom stereocenters. The van der Waals surface area contributed by atoms with Crippen molar-refractivity contribution in [1.82, 2.24) is 10.1 Å². The first-order valence-corrected chi connectivity index (χ1v) is 8.26. The van der Waals surface area contributed by atoms with Gasteiger partial charge in [0.25, 0.3) is 0 Å². The van der Waals surface area contributed by atoms with Crippen molar-refractivity contribution >= 4 is 11.6 Å². The number of rotatable bonds is 2. The molecule has 2 saturated heterocycles. The summed E-state index contributed by atoms with van der Waals surface area (Å²) in [5.41, 5.74) is -2.67. The second kappa shape index (κ2) is 5.34. The highest BCUT2D eigenvalue weighted by Gasteiger charge is 2.57. The zero-order chi connectivity index (χ0) is 17.8. The third-order valence-corrected chi connectivity index (χ3v) is 5.41. The summed E-state index contributed by atoms with van der Waals surface area (Å²) in [4.78, 5) is 24.4. The molecule has 0 aromatic rings. The molecule has 23 heavy (non-hydrogen) atoms. The van der Waals surface area contributed by atoms with E-state index < -0.39 is 22.2 Å². The van der Waals surface area contributed by atoms with Crippen LogP contribution >= 0.6 is 0 Å². The fraction of sp³-hybridized carbons (Fsp3) is 0.882. The predicted molar refractivity (Wildman–Crippen MR) is 87.1 cm³/mol. The average molecular weight is 327 g/mol. The van der Waals surface area contributed by atoms with Crippen LogP contribution in [0.1, 0.15) is 73.6 Å². The van der Waals surface area contributed by atoms with E-state index in [0.717, 1.165) is 0 Å². The molecular weight excluding hydrogens is 296 g/mol. The Morgan fingerprint density at radius 1 is 0.870 bits per heavy atom. The maximum atomic E-state index is 12.2. The molecule has 0 amide bonds. The summed E-state index contributed by atoms with van der Waals surface area (Å²) in [6.45, 7) is 11.2. The minimum absolute atomic E-state index is 0.115. The van der Waals surface area contributed by atoms with Crippen LogP contribution < -0.4 is 0 Å². The lowest BCUT2D eigenvalue weighted by Crippen LogP contribution is -2.67. The first kappa shape index (κ1) is 18.5.